The van der Waals surface area contributed by atoms with Gasteiger partial charge in [-0.2, -0.15) is 0 Å². The van der Waals surface area contributed by atoms with Crippen LogP contribution in [0.1, 0.15) is 44.5 Å². The zero-order valence-corrected chi connectivity index (χ0v) is 27.0. The van der Waals surface area contributed by atoms with Crippen LogP contribution in [0, 0.1) is 55.4 Å². The van der Waals surface area contributed by atoms with Gasteiger partial charge in [-0.05, 0) is 145 Å². The zero-order chi connectivity index (χ0) is 28.8. The van der Waals surface area contributed by atoms with E-state index in [1.807, 2.05) is 39.8 Å². The molecule has 1 aliphatic rings. The molecule has 0 fully saturated rings. The van der Waals surface area contributed by atoms with Gasteiger partial charge in [0, 0.05) is 8.95 Å². The van der Waals surface area contributed by atoms with Gasteiger partial charge >= 0.3 is 14.2 Å². The molecule has 0 amide bonds. The lowest BCUT2D eigenvalue weighted by Gasteiger charge is -2.14. The summed E-state index contributed by atoms with van der Waals surface area (Å²) in [6, 6.07) is 16.9. The number of rotatable bonds is 1. The molecule has 0 bridgehead atoms. The molecule has 0 radical (unpaired) electrons. The summed E-state index contributed by atoms with van der Waals surface area (Å²) in [7, 11) is -2.25. The fraction of sp³-hybridized carbons (Fsp3) is 0.250. The van der Waals surface area contributed by atoms with Gasteiger partial charge < -0.3 is 14.6 Å². The van der Waals surface area contributed by atoms with Crippen LogP contribution in [0.3, 0.4) is 0 Å². The second-order valence-electron chi connectivity index (χ2n) is 10.7. The van der Waals surface area contributed by atoms with E-state index in [0.29, 0.717) is 10.9 Å². The van der Waals surface area contributed by atoms with Crippen molar-refractivity contribution in [1.82, 2.24) is 0 Å². The van der Waals surface area contributed by atoms with Crippen LogP contribution in [0.4, 0.5) is 0 Å². The van der Waals surface area contributed by atoms with Crippen molar-refractivity contribution in [3.05, 3.63) is 102 Å². The van der Waals surface area contributed by atoms with Gasteiger partial charge in [0.05, 0.1) is 0 Å². The van der Waals surface area contributed by atoms with Crippen LogP contribution in [-0.2, 0) is 4.57 Å². The van der Waals surface area contributed by atoms with Crippen LogP contribution in [0.5, 0.6) is 0 Å². The molecule has 200 valence electrons. The Morgan fingerprint density at radius 3 is 1.03 bits per heavy atom. The van der Waals surface area contributed by atoms with Crippen LogP contribution in [0.15, 0.2) is 57.5 Å². The Bertz CT molecular complexity index is 1470. The Morgan fingerprint density at radius 1 is 0.436 bits per heavy atom. The van der Waals surface area contributed by atoms with E-state index in [4.69, 9.17) is 4.57 Å². The van der Waals surface area contributed by atoms with Crippen molar-refractivity contribution < 1.29 is 14.6 Å². The maximum absolute atomic E-state index is 10.3. The van der Waals surface area contributed by atoms with Crippen LogP contribution in [0.2, 0.25) is 0 Å². The largest absolute Gasteiger partial charge is 0.478 e. The Morgan fingerprint density at radius 2 is 0.692 bits per heavy atom. The van der Waals surface area contributed by atoms with Gasteiger partial charge in [0.25, 0.3) is 0 Å². The summed E-state index contributed by atoms with van der Waals surface area (Å²) in [5.74, 6) is 0. The fourth-order valence-corrected chi connectivity index (χ4v) is 6.14. The van der Waals surface area contributed by atoms with Crippen LogP contribution < -0.4 is 10.9 Å². The third-order valence-corrected chi connectivity index (χ3v) is 9.18. The Balaban J connectivity index is 0.000000183. The molecule has 1 aliphatic heterocycles. The number of fused-ring (bicyclic) bond motifs is 3. The van der Waals surface area contributed by atoms with E-state index in [2.05, 4.69) is 96.0 Å². The Labute approximate surface area is 250 Å². The van der Waals surface area contributed by atoms with Crippen LogP contribution in [0.25, 0.3) is 22.3 Å². The van der Waals surface area contributed by atoms with E-state index >= 15 is 0 Å². The van der Waals surface area contributed by atoms with E-state index in [1.54, 1.807) is 0 Å². The topological polar surface area (TPSA) is 49.7 Å². The van der Waals surface area contributed by atoms with Crippen molar-refractivity contribution in [3.8, 4) is 22.3 Å². The van der Waals surface area contributed by atoms with Gasteiger partial charge in [0.2, 0.25) is 0 Å². The molecule has 0 saturated heterocycles. The zero-order valence-electron chi connectivity index (χ0n) is 23.8. The first-order valence-electron chi connectivity index (χ1n) is 13.1. The smallest absolute Gasteiger partial charge is 0.443 e. The van der Waals surface area contributed by atoms with Gasteiger partial charge in [-0.25, -0.2) is 0 Å². The van der Waals surface area contributed by atoms with E-state index in [1.165, 1.54) is 33.4 Å². The number of halogens is 2. The van der Waals surface area contributed by atoms with Crippen molar-refractivity contribution in [2.24, 2.45) is 0 Å². The normalized spacial score (nSPS) is 12.4. The molecule has 0 atom stereocenters. The predicted octanol–water partition coefficient (Wildman–Crippen LogP) is 7.10. The summed E-state index contributed by atoms with van der Waals surface area (Å²) in [6.45, 7) is 16.7. The molecule has 7 heteroatoms. The Hall–Kier alpha value is -2.15. The predicted molar refractivity (Wildman–Crippen MR) is 173 cm³/mol. The molecule has 4 aromatic rings. The van der Waals surface area contributed by atoms with Crippen molar-refractivity contribution in [1.29, 1.82) is 0 Å². The highest BCUT2D eigenvalue weighted by atomic mass is 79.9. The molecular weight excluding hydrogens is 614 g/mol. The highest BCUT2D eigenvalue weighted by molar-refractivity contribution is 9.11. The van der Waals surface area contributed by atoms with Gasteiger partial charge in [0.1, 0.15) is 0 Å². The average Bonchev–Trinajstić information content (AvgIpc) is 2.95. The number of hydrogen-bond donors (Lipinski definition) is 2. The standard InChI is InChI=1S/C16H18B2O3.C16H16Br2/c1-9-5-13-14-6-10(2)12(4)8-16(14)18(20)21-17(19)15(13)7-11(9)3;1-9-5-13(15(17)7-11(9)3)14-6-10(2)12(4)8-16(14)18/h5-8,19-20H,1-4H3;5-8H,1-4H3. The van der Waals surface area contributed by atoms with E-state index in [9.17, 15) is 10.0 Å². The van der Waals surface area contributed by atoms with Gasteiger partial charge in [-0.15, -0.1) is 0 Å². The van der Waals surface area contributed by atoms with Gasteiger partial charge in [-0.1, -0.05) is 68.3 Å². The molecule has 0 aliphatic carbocycles. The third-order valence-electron chi connectivity index (χ3n) is 7.87. The molecule has 1 heterocycles. The lowest BCUT2D eigenvalue weighted by molar-refractivity contribution is 0.379. The van der Waals surface area contributed by atoms with E-state index < -0.39 is 14.2 Å². The molecular formula is C32H34B2Br2O3. The van der Waals surface area contributed by atoms with Crippen molar-refractivity contribution >= 4 is 57.0 Å². The van der Waals surface area contributed by atoms with Crippen molar-refractivity contribution in [2.75, 3.05) is 0 Å². The second-order valence-corrected chi connectivity index (χ2v) is 12.4. The quantitative estimate of drug-likeness (QED) is 0.217. The maximum Gasteiger partial charge on any atom is 0.478 e. The summed E-state index contributed by atoms with van der Waals surface area (Å²) in [6.07, 6.45) is 0. The molecule has 0 aromatic heterocycles. The number of aryl methyl sites for hydroxylation is 8. The third kappa shape index (κ3) is 6.13. The molecule has 4 aromatic carbocycles. The lowest BCUT2D eigenvalue weighted by Crippen LogP contribution is -2.42. The van der Waals surface area contributed by atoms with Gasteiger partial charge in [0.15, 0.2) is 0 Å². The van der Waals surface area contributed by atoms with Crippen LogP contribution >= 0.6 is 31.9 Å². The minimum Gasteiger partial charge on any atom is -0.443 e. The molecule has 2 N–H and O–H groups in total. The van der Waals surface area contributed by atoms with Crippen molar-refractivity contribution in [2.45, 2.75) is 55.4 Å². The van der Waals surface area contributed by atoms with Crippen molar-refractivity contribution in [3.63, 3.8) is 0 Å². The first-order chi connectivity index (χ1) is 18.3. The van der Waals surface area contributed by atoms with Gasteiger partial charge in [-0.3, -0.25) is 0 Å². The highest BCUT2D eigenvalue weighted by Gasteiger charge is 2.34. The minimum atomic E-state index is -1.12. The SMILES string of the molecule is Cc1cc(Br)c(-c2cc(C)c(C)cc2Br)cc1C.Cc1cc2c(cc1C)-c1cc(C)c(C)cc1B(O)OB2O. The number of hydrogen-bond acceptors (Lipinski definition) is 3. The van der Waals surface area contributed by atoms with E-state index in [-0.39, 0.29) is 0 Å². The first kappa shape index (κ1) is 29.8. The summed E-state index contributed by atoms with van der Waals surface area (Å²) < 4.78 is 7.66. The number of benzene rings is 4. The highest BCUT2D eigenvalue weighted by Crippen LogP contribution is 2.37. The maximum atomic E-state index is 10.3. The molecule has 0 saturated carbocycles. The summed E-state index contributed by atoms with van der Waals surface area (Å²) in [5.41, 5.74) is 15.5. The molecule has 3 nitrogen and oxygen atoms in total. The summed E-state index contributed by atoms with van der Waals surface area (Å²) >= 11 is 7.35. The van der Waals surface area contributed by atoms with Crippen LogP contribution in [-0.4, -0.2) is 24.3 Å². The summed E-state index contributed by atoms with van der Waals surface area (Å²) in [4.78, 5) is 0. The minimum absolute atomic E-state index is 0.708. The first-order valence-corrected chi connectivity index (χ1v) is 14.6. The second kappa shape index (κ2) is 11.8. The molecule has 39 heavy (non-hydrogen) atoms. The molecule has 0 unspecified atom stereocenters. The fourth-order valence-electron chi connectivity index (χ4n) is 4.80. The Kier molecular flexibility index (Phi) is 8.99. The summed E-state index contributed by atoms with van der Waals surface area (Å²) in [5, 5.41) is 20.5. The molecule has 0 spiro atoms. The molecule has 5 rings (SSSR count). The monoisotopic (exact) mass is 646 g/mol. The average molecular weight is 648 g/mol. The van der Waals surface area contributed by atoms with E-state index in [0.717, 1.165) is 42.3 Å². The lowest BCUT2D eigenvalue weighted by atomic mass is 9.73.